The van der Waals surface area contributed by atoms with Gasteiger partial charge in [0, 0.05) is 24.2 Å². The minimum atomic E-state index is -3.18. The van der Waals surface area contributed by atoms with Gasteiger partial charge >= 0.3 is 0 Å². The first-order valence-corrected chi connectivity index (χ1v) is 13.5. The lowest BCUT2D eigenvalue weighted by molar-refractivity contribution is 0.600. The molecule has 0 bridgehead atoms. The molecule has 184 valence electrons. The van der Waals surface area contributed by atoms with E-state index in [2.05, 4.69) is 25.1 Å². The molecule has 11 heteroatoms. The Bertz CT molecular complexity index is 1880. The van der Waals surface area contributed by atoms with Crippen LogP contribution in [0.4, 0.5) is 4.39 Å². The number of nitrogens with zero attached hydrogens (tertiary/aromatic N) is 5. The van der Waals surface area contributed by atoms with Gasteiger partial charge in [-0.15, -0.1) is 0 Å². The number of halogens is 1. The molecular formula is C26H20FN7O2S. The Labute approximate surface area is 210 Å². The summed E-state index contributed by atoms with van der Waals surface area (Å²) in [6.07, 6.45) is 6.34. The summed E-state index contributed by atoms with van der Waals surface area (Å²) < 4.78 is 37.7. The van der Waals surface area contributed by atoms with Gasteiger partial charge in [-0.25, -0.2) is 22.8 Å². The van der Waals surface area contributed by atoms with E-state index < -0.39 is 15.7 Å². The highest BCUT2D eigenvalue weighted by Gasteiger charge is 2.18. The maximum atomic E-state index is 14.5. The fraction of sp³-hybridized carbons (Fsp3) is 0.115. The first kappa shape index (κ1) is 22.9. The van der Waals surface area contributed by atoms with Gasteiger partial charge in [-0.2, -0.15) is 5.10 Å². The number of fused-ring (bicyclic) bond motifs is 2. The smallest absolute Gasteiger partial charge is 0.161 e. The number of imidazole rings is 1. The van der Waals surface area contributed by atoms with Crippen molar-refractivity contribution in [3.63, 3.8) is 0 Å². The fourth-order valence-corrected chi connectivity index (χ4v) is 4.84. The van der Waals surface area contributed by atoms with Crippen LogP contribution >= 0.6 is 0 Å². The van der Waals surface area contributed by atoms with E-state index in [1.807, 2.05) is 30.3 Å². The van der Waals surface area contributed by atoms with E-state index in [1.54, 1.807) is 24.7 Å². The summed E-state index contributed by atoms with van der Waals surface area (Å²) >= 11 is 0. The zero-order valence-corrected chi connectivity index (χ0v) is 20.4. The second kappa shape index (κ2) is 8.86. The summed E-state index contributed by atoms with van der Waals surface area (Å²) in [6.45, 7) is 0. The van der Waals surface area contributed by atoms with E-state index in [4.69, 9.17) is 9.97 Å². The molecule has 0 aliphatic rings. The summed E-state index contributed by atoms with van der Waals surface area (Å²) in [5, 5.41) is 7.42. The Balaban J connectivity index is 1.44. The van der Waals surface area contributed by atoms with Crippen LogP contribution in [0, 0.1) is 5.82 Å². The molecule has 0 aliphatic carbocycles. The van der Waals surface area contributed by atoms with Crippen LogP contribution in [0.3, 0.4) is 0 Å². The predicted octanol–water partition coefficient (Wildman–Crippen LogP) is 4.35. The Kier molecular flexibility index (Phi) is 5.49. The third-order valence-corrected chi connectivity index (χ3v) is 6.93. The minimum absolute atomic E-state index is 0.0649. The average molecular weight is 514 g/mol. The zero-order valence-electron chi connectivity index (χ0n) is 19.6. The molecule has 5 aromatic heterocycles. The van der Waals surface area contributed by atoms with Crippen LogP contribution in [0.5, 0.6) is 0 Å². The molecule has 5 heterocycles. The van der Waals surface area contributed by atoms with Gasteiger partial charge in [0.25, 0.3) is 0 Å². The van der Waals surface area contributed by atoms with Gasteiger partial charge in [-0.1, -0.05) is 12.1 Å². The van der Waals surface area contributed by atoms with E-state index >= 15 is 0 Å². The SMILES string of the molecule is CS(=O)(=O)CCc1cc(F)cc(-c2cncc3[nH]c(-c4n[nH]c5ccc(-c6ccccn6)nc45)nc23)c1. The van der Waals surface area contributed by atoms with Crippen molar-refractivity contribution in [3.05, 3.63) is 78.5 Å². The summed E-state index contributed by atoms with van der Waals surface area (Å²) in [4.78, 5) is 21.5. The number of rotatable bonds is 6. The lowest BCUT2D eigenvalue weighted by atomic mass is 10.0. The molecule has 6 aromatic rings. The quantitative estimate of drug-likeness (QED) is 0.339. The molecule has 0 aliphatic heterocycles. The number of nitrogens with one attached hydrogen (secondary N) is 2. The number of pyridine rings is 3. The molecule has 9 nitrogen and oxygen atoms in total. The van der Waals surface area contributed by atoms with E-state index in [1.165, 1.54) is 12.1 Å². The van der Waals surface area contributed by atoms with Crippen LogP contribution in [0.25, 0.3) is 56.1 Å². The van der Waals surface area contributed by atoms with Gasteiger partial charge in [0.15, 0.2) is 11.5 Å². The first-order valence-electron chi connectivity index (χ1n) is 11.4. The van der Waals surface area contributed by atoms with Crippen LogP contribution in [0.1, 0.15) is 5.56 Å². The Morgan fingerprint density at radius 2 is 1.84 bits per heavy atom. The molecule has 0 radical (unpaired) electrons. The largest absolute Gasteiger partial charge is 0.335 e. The molecule has 6 rings (SSSR count). The van der Waals surface area contributed by atoms with Crippen LogP contribution in [0.2, 0.25) is 0 Å². The summed E-state index contributed by atoms with van der Waals surface area (Å²) in [6, 6.07) is 13.9. The fourth-order valence-electron chi connectivity index (χ4n) is 4.23. The Morgan fingerprint density at radius 3 is 2.65 bits per heavy atom. The number of aromatic amines is 2. The van der Waals surface area contributed by atoms with Gasteiger partial charge in [-0.05, 0) is 53.9 Å². The number of aryl methyl sites for hydroxylation is 1. The van der Waals surface area contributed by atoms with Gasteiger partial charge in [0.05, 0.1) is 39.9 Å². The molecule has 0 fully saturated rings. The average Bonchev–Trinajstić information content (AvgIpc) is 3.51. The van der Waals surface area contributed by atoms with Crippen molar-refractivity contribution >= 4 is 31.9 Å². The summed E-state index contributed by atoms with van der Waals surface area (Å²) in [5.41, 5.74) is 6.33. The van der Waals surface area contributed by atoms with Crippen molar-refractivity contribution in [3.8, 4) is 34.0 Å². The van der Waals surface area contributed by atoms with Crippen LogP contribution in [-0.4, -0.2) is 55.5 Å². The van der Waals surface area contributed by atoms with E-state index in [0.717, 1.165) is 17.5 Å². The Morgan fingerprint density at radius 1 is 0.946 bits per heavy atom. The second-order valence-electron chi connectivity index (χ2n) is 8.78. The van der Waals surface area contributed by atoms with Crippen LogP contribution < -0.4 is 0 Å². The highest BCUT2D eigenvalue weighted by molar-refractivity contribution is 7.90. The number of hydrogen-bond acceptors (Lipinski definition) is 7. The molecule has 0 unspecified atom stereocenters. The first-order chi connectivity index (χ1) is 17.8. The lowest BCUT2D eigenvalue weighted by Crippen LogP contribution is -2.06. The number of hydrogen-bond donors (Lipinski definition) is 2. The van der Waals surface area contributed by atoms with Crippen molar-refractivity contribution in [2.24, 2.45) is 0 Å². The maximum Gasteiger partial charge on any atom is 0.161 e. The third-order valence-electron chi connectivity index (χ3n) is 5.98. The molecule has 0 saturated heterocycles. The van der Waals surface area contributed by atoms with Gasteiger partial charge in [0.2, 0.25) is 0 Å². The number of sulfone groups is 1. The number of H-pyrrole nitrogens is 2. The minimum Gasteiger partial charge on any atom is -0.335 e. The highest BCUT2D eigenvalue weighted by atomic mass is 32.2. The van der Waals surface area contributed by atoms with Crippen LogP contribution in [0.15, 0.2) is 67.1 Å². The zero-order chi connectivity index (χ0) is 25.6. The van der Waals surface area contributed by atoms with Crippen molar-refractivity contribution in [1.82, 2.24) is 35.1 Å². The Hall–Kier alpha value is -4.51. The van der Waals surface area contributed by atoms with Crippen molar-refractivity contribution in [2.45, 2.75) is 6.42 Å². The maximum absolute atomic E-state index is 14.5. The van der Waals surface area contributed by atoms with Gasteiger partial charge in [0.1, 0.15) is 21.2 Å². The van der Waals surface area contributed by atoms with E-state index in [0.29, 0.717) is 50.5 Å². The van der Waals surface area contributed by atoms with Crippen molar-refractivity contribution < 1.29 is 12.8 Å². The molecule has 0 amide bonds. The van der Waals surface area contributed by atoms with E-state index in [-0.39, 0.29) is 12.2 Å². The normalized spacial score (nSPS) is 11.9. The molecule has 37 heavy (non-hydrogen) atoms. The molecule has 2 N–H and O–H groups in total. The second-order valence-corrected chi connectivity index (χ2v) is 11.0. The van der Waals surface area contributed by atoms with Crippen LogP contribution in [-0.2, 0) is 16.3 Å². The monoisotopic (exact) mass is 513 g/mol. The third kappa shape index (κ3) is 4.56. The molecule has 0 spiro atoms. The lowest BCUT2D eigenvalue weighted by Gasteiger charge is -2.07. The molecule has 0 atom stereocenters. The number of benzene rings is 1. The van der Waals surface area contributed by atoms with Crippen molar-refractivity contribution in [1.29, 1.82) is 0 Å². The predicted molar refractivity (Wildman–Crippen MR) is 139 cm³/mol. The topological polar surface area (TPSA) is 130 Å². The summed E-state index contributed by atoms with van der Waals surface area (Å²) in [7, 11) is -3.18. The van der Waals surface area contributed by atoms with Gasteiger partial charge < -0.3 is 4.98 Å². The highest BCUT2D eigenvalue weighted by Crippen LogP contribution is 2.32. The molecule has 0 saturated carbocycles. The number of aromatic nitrogens is 7. The summed E-state index contributed by atoms with van der Waals surface area (Å²) in [5.74, 6) is -0.0434. The van der Waals surface area contributed by atoms with Crippen molar-refractivity contribution in [2.75, 3.05) is 12.0 Å². The molecular weight excluding hydrogens is 493 g/mol. The van der Waals surface area contributed by atoms with Gasteiger partial charge in [-0.3, -0.25) is 15.1 Å². The van der Waals surface area contributed by atoms with E-state index in [9.17, 15) is 12.8 Å². The molecule has 1 aromatic carbocycles. The standard InChI is InChI=1S/C26H20FN7O2S/c1-37(35,36)9-7-15-10-16(12-17(27)11-15)18-13-28-14-22-23(18)32-26(31-22)25-24-21(33-34-25)6-5-20(30-24)19-4-2-3-8-29-19/h2-6,8,10-14H,7,9H2,1H3,(H,31,32)(H,33,34).